The lowest BCUT2D eigenvalue weighted by molar-refractivity contribution is 0.102. The number of amides is 1. The van der Waals surface area contributed by atoms with Gasteiger partial charge < -0.3 is 15.1 Å². The highest BCUT2D eigenvalue weighted by Crippen LogP contribution is 2.29. The quantitative estimate of drug-likeness (QED) is 0.889. The molecule has 0 radical (unpaired) electrons. The fourth-order valence-corrected chi connectivity index (χ4v) is 2.77. The van der Waals surface area contributed by atoms with Crippen LogP contribution in [0.15, 0.2) is 36.4 Å². The number of fused-ring (bicyclic) bond motifs is 1. The Hall–Kier alpha value is -2.27. The summed E-state index contributed by atoms with van der Waals surface area (Å²) in [5, 5.41) is 21.2. The van der Waals surface area contributed by atoms with E-state index in [2.05, 4.69) is 4.90 Å². The second-order valence-corrected chi connectivity index (χ2v) is 5.34. The first-order valence-electron chi connectivity index (χ1n) is 7.05. The van der Waals surface area contributed by atoms with Crippen molar-refractivity contribution in [2.75, 3.05) is 26.2 Å². The summed E-state index contributed by atoms with van der Waals surface area (Å²) in [5.41, 5.74) is 0.887. The van der Waals surface area contributed by atoms with E-state index in [0.29, 0.717) is 38.5 Å². The number of nitrogens with zero attached hydrogens (tertiary/aromatic N) is 2. The molecule has 2 aromatic rings. The van der Waals surface area contributed by atoms with Gasteiger partial charge in [0, 0.05) is 43.7 Å². The van der Waals surface area contributed by atoms with Gasteiger partial charge in [-0.3, -0.25) is 4.90 Å². The average Bonchev–Trinajstić information content (AvgIpc) is 2.51. The number of carboxylic acid groups (broad SMARTS) is 1. The summed E-state index contributed by atoms with van der Waals surface area (Å²) in [6.45, 7) is 3.06. The van der Waals surface area contributed by atoms with Crippen molar-refractivity contribution in [2.24, 2.45) is 0 Å². The lowest BCUT2D eigenvalue weighted by Gasteiger charge is -2.33. The Morgan fingerprint density at radius 2 is 1.76 bits per heavy atom. The van der Waals surface area contributed by atoms with Crippen LogP contribution in [0.5, 0.6) is 5.75 Å². The number of hydrogen-bond donors (Lipinski definition) is 2. The molecule has 2 N–H and O–H groups in total. The number of benzene rings is 2. The van der Waals surface area contributed by atoms with Crippen LogP contribution in [0.4, 0.5) is 4.79 Å². The topological polar surface area (TPSA) is 64.0 Å². The number of piperazine rings is 1. The molecular weight excluding hydrogens is 268 g/mol. The molecule has 1 amide bonds. The Kier molecular flexibility index (Phi) is 3.66. The van der Waals surface area contributed by atoms with E-state index in [0.717, 1.165) is 16.3 Å². The zero-order valence-electron chi connectivity index (χ0n) is 11.7. The number of aromatic hydroxyl groups is 1. The molecule has 0 atom stereocenters. The minimum Gasteiger partial charge on any atom is -0.507 e. The van der Waals surface area contributed by atoms with Crippen molar-refractivity contribution in [3.05, 3.63) is 42.0 Å². The minimum atomic E-state index is -0.858. The SMILES string of the molecule is O=C(O)N1CCN(Cc2ccc3ccccc3c2O)CC1. The Labute approximate surface area is 123 Å². The van der Waals surface area contributed by atoms with Gasteiger partial charge in [-0.15, -0.1) is 0 Å². The van der Waals surface area contributed by atoms with Crippen LogP contribution in [0.2, 0.25) is 0 Å². The molecule has 0 aromatic heterocycles. The summed E-state index contributed by atoms with van der Waals surface area (Å²) >= 11 is 0. The van der Waals surface area contributed by atoms with E-state index in [1.165, 1.54) is 4.90 Å². The third-order valence-electron chi connectivity index (χ3n) is 4.02. The molecule has 5 heteroatoms. The van der Waals surface area contributed by atoms with E-state index in [-0.39, 0.29) is 0 Å². The third-order valence-corrected chi connectivity index (χ3v) is 4.02. The summed E-state index contributed by atoms with van der Waals surface area (Å²) in [5.74, 6) is 0.328. The van der Waals surface area contributed by atoms with Crippen LogP contribution in [0.1, 0.15) is 5.56 Å². The third kappa shape index (κ3) is 2.78. The molecule has 1 heterocycles. The fraction of sp³-hybridized carbons (Fsp3) is 0.312. The lowest BCUT2D eigenvalue weighted by atomic mass is 10.0. The fourth-order valence-electron chi connectivity index (χ4n) is 2.77. The molecule has 110 valence electrons. The van der Waals surface area contributed by atoms with Gasteiger partial charge in [0.25, 0.3) is 0 Å². The lowest BCUT2D eigenvalue weighted by Crippen LogP contribution is -2.47. The van der Waals surface area contributed by atoms with Gasteiger partial charge in [-0.25, -0.2) is 4.79 Å². The highest BCUT2D eigenvalue weighted by Gasteiger charge is 2.21. The predicted octanol–water partition coefficient (Wildman–Crippen LogP) is 2.34. The maximum Gasteiger partial charge on any atom is 0.407 e. The molecule has 21 heavy (non-hydrogen) atoms. The molecule has 3 rings (SSSR count). The highest BCUT2D eigenvalue weighted by molar-refractivity contribution is 5.89. The van der Waals surface area contributed by atoms with Gasteiger partial charge >= 0.3 is 6.09 Å². The van der Waals surface area contributed by atoms with Crippen molar-refractivity contribution < 1.29 is 15.0 Å². The van der Waals surface area contributed by atoms with E-state index in [4.69, 9.17) is 5.11 Å². The Morgan fingerprint density at radius 3 is 2.48 bits per heavy atom. The zero-order valence-corrected chi connectivity index (χ0v) is 11.7. The van der Waals surface area contributed by atoms with Gasteiger partial charge in [0.2, 0.25) is 0 Å². The van der Waals surface area contributed by atoms with Crippen molar-refractivity contribution >= 4 is 16.9 Å². The first-order chi connectivity index (χ1) is 10.1. The monoisotopic (exact) mass is 286 g/mol. The van der Waals surface area contributed by atoms with Gasteiger partial charge in [-0.1, -0.05) is 36.4 Å². The van der Waals surface area contributed by atoms with Gasteiger partial charge in [0.05, 0.1) is 0 Å². The minimum absolute atomic E-state index is 0.328. The number of hydrogen-bond acceptors (Lipinski definition) is 3. The molecule has 0 unspecified atom stereocenters. The average molecular weight is 286 g/mol. The van der Waals surface area contributed by atoms with Crippen LogP contribution in [-0.2, 0) is 6.54 Å². The molecule has 0 aliphatic carbocycles. The van der Waals surface area contributed by atoms with Crippen LogP contribution in [-0.4, -0.2) is 52.3 Å². The van der Waals surface area contributed by atoms with Gasteiger partial charge in [0.1, 0.15) is 5.75 Å². The number of phenols is 1. The van der Waals surface area contributed by atoms with E-state index in [9.17, 15) is 9.90 Å². The van der Waals surface area contributed by atoms with Gasteiger partial charge in [-0.05, 0) is 5.39 Å². The van der Waals surface area contributed by atoms with Crippen LogP contribution < -0.4 is 0 Å². The largest absolute Gasteiger partial charge is 0.507 e. The van der Waals surface area contributed by atoms with Gasteiger partial charge in [-0.2, -0.15) is 0 Å². The normalized spacial score (nSPS) is 16.3. The molecule has 0 bridgehead atoms. The molecular formula is C16H18N2O3. The molecule has 5 nitrogen and oxygen atoms in total. The maximum atomic E-state index is 10.9. The Bertz CT molecular complexity index is 664. The van der Waals surface area contributed by atoms with Crippen LogP contribution in [0.3, 0.4) is 0 Å². The molecule has 1 aliphatic heterocycles. The molecule has 1 saturated heterocycles. The molecule has 0 spiro atoms. The molecule has 0 saturated carbocycles. The van der Waals surface area contributed by atoms with Crippen molar-refractivity contribution in [3.63, 3.8) is 0 Å². The number of carbonyl (C=O) groups is 1. The Balaban J connectivity index is 1.74. The first-order valence-corrected chi connectivity index (χ1v) is 7.05. The van der Waals surface area contributed by atoms with Crippen molar-refractivity contribution in [2.45, 2.75) is 6.54 Å². The summed E-state index contributed by atoms with van der Waals surface area (Å²) in [6.07, 6.45) is -0.858. The zero-order chi connectivity index (χ0) is 14.8. The van der Waals surface area contributed by atoms with Crippen LogP contribution in [0.25, 0.3) is 10.8 Å². The van der Waals surface area contributed by atoms with Crippen molar-refractivity contribution in [1.82, 2.24) is 9.80 Å². The van der Waals surface area contributed by atoms with E-state index in [1.807, 2.05) is 36.4 Å². The van der Waals surface area contributed by atoms with Crippen molar-refractivity contribution in [3.8, 4) is 5.75 Å². The van der Waals surface area contributed by atoms with Crippen LogP contribution >= 0.6 is 0 Å². The second-order valence-electron chi connectivity index (χ2n) is 5.34. The van der Waals surface area contributed by atoms with Crippen LogP contribution in [0, 0.1) is 0 Å². The smallest absolute Gasteiger partial charge is 0.407 e. The van der Waals surface area contributed by atoms with E-state index >= 15 is 0 Å². The summed E-state index contributed by atoms with van der Waals surface area (Å²) < 4.78 is 0. The van der Waals surface area contributed by atoms with E-state index < -0.39 is 6.09 Å². The molecule has 2 aromatic carbocycles. The molecule has 1 aliphatic rings. The first kappa shape index (κ1) is 13.7. The van der Waals surface area contributed by atoms with Crippen molar-refractivity contribution in [1.29, 1.82) is 0 Å². The van der Waals surface area contributed by atoms with E-state index in [1.54, 1.807) is 0 Å². The summed E-state index contributed by atoms with van der Waals surface area (Å²) in [6, 6.07) is 11.7. The van der Waals surface area contributed by atoms with Gasteiger partial charge in [0.15, 0.2) is 0 Å². The maximum absolute atomic E-state index is 10.9. The predicted molar refractivity (Wildman–Crippen MR) is 80.5 cm³/mol. The standard InChI is InChI=1S/C16H18N2O3/c19-15-13(6-5-12-3-1-2-4-14(12)15)11-17-7-9-18(10-8-17)16(20)21/h1-6,19H,7-11H2,(H,20,21). The summed E-state index contributed by atoms with van der Waals surface area (Å²) in [7, 11) is 0. The highest BCUT2D eigenvalue weighted by atomic mass is 16.4. The summed E-state index contributed by atoms with van der Waals surface area (Å²) in [4.78, 5) is 14.5. The number of rotatable bonds is 2. The Morgan fingerprint density at radius 1 is 1.05 bits per heavy atom. The molecule has 1 fully saturated rings. The number of phenolic OH excluding ortho intramolecular Hbond substituents is 1. The second kappa shape index (κ2) is 5.61.